The average molecular weight is 279 g/mol. The summed E-state index contributed by atoms with van der Waals surface area (Å²) in [6, 6.07) is 4.31. The maximum atomic E-state index is 13.5. The van der Waals surface area contributed by atoms with Gasteiger partial charge in [-0.1, -0.05) is 19.9 Å². The normalized spacial score (nSPS) is 17.7. The Hall–Kier alpha value is -0.905. The Morgan fingerprint density at radius 3 is 2.45 bits per heavy atom. The van der Waals surface area contributed by atoms with Crippen molar-refractivity contribution in [2.75, 3.05) is 13.1 Å². The van der Waals surface area contributed by atoms with E-state index in [9.17, 15) is 4.39 Å². The Morgan fingerprint density at radius 1 is 1.25 bits per heavy atom. The van der Waals surface area contributed by atoms with E-state index in [-0.39, 0.29) is 5.46 Å². The first-order chi connectivity index (χ1) is 9.45. The molecule has 1 aromatic rings. The number of hydrogen-bond acceptors (Lipinski definition) is 3. The number of likely N-dealkylation sites (tertiary alicyclic amines) is 1. The second-order valence-corrected chi connectivity index (χ2v) is 6.12. The fraction of sp³-hybridized carbons (Fsp3) is 0.600. The molecule has 1 heterocycles. The zero-order chi connectivity index (χ0) is 14.7. The van der Waals surface area contributed by atoms with Gasteiger partial charge in [-0.2, -0.15) is 0 Å². The molecule has 3 nitrogen and oxygen atoms in total. The van der Waals surface area contributed by atoms with Gasteiger partial charge in [0.1, 0.15) is 5.82 Å². The topological polar surface area (TPSA) is 43.7 Å². The predicted octanol–water partition coefficient (Wildman–Crippen LogP) is 1.37. The van der Waals surface area contributed by atoms with Crippen molar-refractivity contribution in [3.63, 3.8) is 0 Å². The average Bonchev–Trinajstić information content (AvgIpc) is 2.38. The van der Waals surface area contributed by atoms with Gasteiger partial charge in [-0.15, -0.1) is 0 Å². The van der Waals surface area contributed by atoms with Gasteiger partial charge in [0.15, 0.2) is 0 Å². The molecule has 1 saturated heterocycles. The van der Waals surface area contributed by atoms with E-state index in [4.69, 9.17) is 10.0 Å². The summed E-state index contributed by atoms with van der Waals surface area (Å²) in [4.78, 5) is 2.31. The Bertz CT molecular complexity index is 445. The van der Waals surface area contributed by atoms with Gasteiger partial charge in [0, 0.05) is 6.54 Å². The van der Waals surface area contributed by atoms with Crippen molar-refractivity contribution in [2.24, 2.45) is 11.8 Å². The molecule has 0 bridgehead atoms. The highest BCUT2D eigenvalue weighted by Gasteiger charge is 2.22. The first-order valence-corrected chi connectivity index (χ1v) is 7.33. The van der Waals surface area contributed by atoms with Crippen molar-refractivity contribution in [3.8, 4) is 0 Å². The minimum absolute atomic E-state index is 0.220. The molecule has 0 aromatic heterocycles. The lowest BCUT2D eigenvalue weighted by Crippen LogP contribution is -2.35. The number of nitrogens with zero attached hydrogens (tertiary/aromatic N) is 1. The maximum absolute atomic E-state index is 13.5. The van der Waals surface area contributed by atoms with Crippen LogP contribution in [0.3, 0.4) is 0 Å². The highest BCUT2D eigenvalue weighted by Crippen LogP contribution is 2.25. The summed E-state index contributed by atoms with van der Waals surface area (Å²) in [7, 11) is -1.61. The molecule has 0 spiro atoms. The molecule has 0 aliphatic carbocycles. The third-order valence-corrected chi connectivity index (χ3v) is 4.26. The second-order valence-electron chi connectivity index (χ2n) is 6.12. The van der Waals surface area contributed by atoms with Crippen LogP contribution >= 0.6 is 0 Å². The standard InChI is InChI=1S/C15H23BFNO2/c1-11(2)13-3-5-18(6-4-13)10-12-7-14(16(19)20)9-15(17)8-12/h7-9,11,13,19-20H,3-6,10H2,1-2H3. The molecular weight excluding hydrogens is 256 g/mol. The number of rotatable bonds is 4. The molecule has 2 rings (SSSR count). The Balaban J connectivity index is 1.97. The SMILES string of the molecule is CC(C)C1CCN(Cc2cc(F)cc(B(O)O)c2)CC1. The highest BCUT2D eigenvalue weighted by molar-refractivity contribution is 6.58. The van der Waals surface area contributed by atoms with Gasteiger partial charge in [-0.05, 0) is 60.9 Å². The van der Waals surface area contributed by atoms with E-state index in [1.807, 2.05) is 0 Å². The summed E-state index contributed by atoms with van der Waals surface area (Å²) in [6.45, 7) is 7.25. The van der Waals surface area contributed by atoms with Gasteiger partial charge < -0.3 is 10.0 Å². The van der Waals surface area contributed by atoms with Crippen LogP contribution in [-0.2, 0) is 6.54 Å². The van der Waals surface area contributed by atoms with E-state index in [0.29, 0.717) is 6.54 Å². The van der Waals surface area contributed by atoms with Crippen LogP contribution in [0.25, 0.3) is 0 Å². The first kappa shape index (κ1) is 15.5. The van der Waals surface area contributed by atoms with E-state index in [1.54, 1.807) is 6.07 Å². The lowest BCUT2D eigenvalue weighted by molar-refractivity contribution is 0.152. The van der Waals surface area contributed by atoms with Gasteiger partial charge in [0.25, 0.3) is 0 Å². The minimum atomic E-state index is -1.61. The largest absolute Gasteiger partial charge is 0.488 e. The van der Waals surface area contributed by atoms with E-state index in [1.165, 1.54) is 25.0 Å². The zero-order valence-corrected chi connectivity index (χ0v) is 12.2. The van der Waals surface area contributed by atoms with Gasteiger partial charge in [0.2, 0.25) is 0 Å². The molecule has 1 aliphatic rings. The van der Waals surface area contributed by atoms with Crippen LogP contribution < -0.4 is 5.46 Å². The number of benzene rings is 1. The Morgan fingerprint density at radius 2 is 1.90 bits per heavy atom. The predicted molar refractivity (Wildman–Crippen MR) is 79.1 cm³/mol. The van der Waals surface area contributed by atoms with E-state index in [0.717, 1.165) is 30.5 Å². The van der Waals surface area contributed by atoms with Crippen molar-refractivity contribution >= 4 is 12.6 Å². The van der Waals surface area contributed by atoms with Crippen molar-refractivity contribution in [3.05, 3.63) is 29.6 Å². The fourth-order valence-electron chi connectivity index (χ4n) is 2.95. The summed E-state index contributed by atoms with van der Waals surface area (Å²) in [5.74, 6) is 1.10. The Kier molecular flexibility index (Phi) is 5.19. The Labute approximate surface area is 120 Å². The molecule has 5 heteroatoms. The van der Waals surface area contributed by atoms with Crippen molar-refractivity contribution in [2.45, 2.75) is 33.2 Å². The summed E-state index contributed by atoms with van der Waals surface area (Å²) in [6.07, 6.45) is 2.37. The van der Waals surface area contributed by atoms with Gasteiger partial charge >= 0.3 is 7.12 Å². The number of hydrogen-bond donors (Lipinski definition) is 2. The summed E-state index contributed by atoms with van der Waals surface area (Å²) in [5, 5.41) is 18.3. The van der Waals surface area contributed by atoms with Crippen molar-refractivity contribution in [1.29, 1.82) is 0 Å². The van der Waals surface area contributed by atoms with Crippen molar-refractivity contribution in [1.82, 2.24) is 4.90 Å². The molecule has 1 aliphatic heterocycles. The van der Waals surface area contributed by atoms with E-state index >= 15 is 0 Å². The molecule has 1 fully saturated rings. The first-order valence-electron chi connectivity index (χ1n) is 7.33. The molecule has 0 radical (unpaired) electrons. The second kappa shape index (κ2) is 6.70. The molecule has 0 amide bonds. The smallest absolute Gasteiger partial charge is 0.423 e. The quantitative estimate of drug-likeness (QED) is 0.818. The van der Waals surface area contributed by atoms with Crippen LogP contribution in [0, 0.1) is 17.7 Å². The van der Waals surface area contributed by atoms with Crippen LogP contribution in [0.15, 0.2) is 18.2 Å². The van der Waals surface area contributed by atoms with Crippen LogP contribution in [-0.4, -0.2) is 35.2 Å². The summed E-state index contributed by atoms with van der Waals surface area (Å²) in [5.41, 5.74) is 1.02. The zero-order valence-electron chi connectivity index (χ0n) is 12.2. The lowest BCUT2D eigenvalue weighted by Gasteiger charge is -2.33. The summed E-state index contributed by atoms with van der Waals surface area (Å²) >= 11 is 0. The summed E-state index contributed by atoms with van der Waals surface area (Å²) < 4.78 is 13.5. The molecule has 2 N–H and O–H groups in total. The van der Waals surface area contributed by atoms with Crippen LogP contribution in [0.5, 0.6) is 0 Å². The van der Waals surface area contributed by atoms with Gasteiger partial charge in [0.05, 0.1) is 0 Å². The van der Waals surface area contributed by atoms with E-state index in [2.05, 4.69) is 18.7 Å². The fourth-order valence-corrected chi connectivity index (χ4v) is 2.95. The van der Waals surface area contributed by atoms with Gasteiger partial charge in [-0.3, -0.25) is 4.90 Å². The number of halogens is 1. The number of piperidine rings is 1. The van der Waals surface area contributed by atoms with Crippen LogP contribution in [0.1, 0.15) is 32.3 Å². The van der Waals surface area contributed by atoms with Crippen LogP contribution in [0.2, 0.25) is 0 Å². The molecule has 1 aromatic carbocycles. The van der Waals surface area contributed by atoms with Crippen molar-refractivity contribution < 1.29 is 14.4 Å². The van der Waals surface area contributed by atoms with Gasteiger partial charge in [-0.25, -0.2) is 4.39 Å². The lowest BCUT2D eigenvalue weighted by atomic mass is 9.79. The monoisotopic (exact) mass is 279 g/mol. The van der Waals surface area contributed by atoms with Crippen LogP contribution in [0.4, 0.5) is 4.39 Å². The molecule has 0 unspecified atom stereocenters. The molecular formula is C15H23BFNO2. The van der Waals surface area contributed by atoms with E-state index < -0.39 is 12.9 Å². The molecule has 0 atom stereocenters. The molecule has 0 saturated carbocycles. The maximum Gasteiger partial charge on any atom is 0.488 e. The highest BCUT2D eigenvalue weighted by atomic mass is 19.1. The third kappa shape index (κ3) is 4.04. The third-order valence-electron chi connectivity index (χ3n) is 4.26. The molecule has 20 heavy (non-hydrogen) atoms. The molecule has 110 valence electrons. The minimum Gasteiger partial charge on any atom is -0.423 e.